The number of hydrogen-bond donors (Lipinski definition) is 0. The van der Waals surface area contributed by atoms with Crippen LogP contribution in [0.2, 0.25) is 0 Å². The van der Waals surface area contributed by atoms with E-state index >= 15 is 0 Å². The van der Waals surface area contributed by atoms with Gasteiger partial charge in [-0.05, 0) is 74.3 Å². The molecule has 5 heteroatoms. The van der Waals surface area contributed by atoms with Gasteiger partial charge in [0.15, 0.2) is 0 Å². The third-order valence-corrected chi connectivity index (χ3v) is 7.46. The predicted octanol–water partition coefficient (Wildman–Crippen LogP) is 6.44. The minimum atomic E-state index is -0.394. The Labute approximate surface area is 190 Å². The molecule has 0 atom stereocenters. The predicted molar refractivity (Wildman–Crippen MR) is 133 cm³/mol. The van der Waals surface area contributed by atoms with Crippen molar-refractivity contribution >= 4 is 61.1 Å². The molecule has 0 aliphatic carbocycles. The van der Waals surface area contributed by atoms with Crippen LogP contribution in [0.1, 0.15) is 27.7 Å². The van der Waals surface area contributed by atoms with E-state index in [2.05, 4.69) is 115 Å². The lowest BCUT2D eigenvalue weighted by Crippen LogP contribution is -2.41. The van der Waals surface area contributed by atoms with Crippen LogP contribution >= 0.6 is 15.9 Å². The van der Waals surface area contributed by atoms with Gasteiger partial charge in [-0.25, -0.2) is 0 Å². The Morgan fingerprint density at radius 1 is 0.742 bits per heavy atom. The molecular weight excluding hydrogens is 449 g/mol. The maximum Gasteiger partial charge on any atom is 0.494 e. The molecule has 4 aromatic carbocycles. The lowest BCUT2D eigenvalue weighted by atomic mass is 9.78. The van der Waals surface area contributed by atoms with Gasteiger partial charge in [0.05, 0.1) is 22.2 Å². The van der Waals surface area contributed by atoms with Gasteiger partial charge in [-0.2, -0.15) is 0 Å². The minimum absolute atomic E-state index is 0.371. The van der Waals surface area contributed by atoms with E-state index in [-0.39, 0.29) is 11.2 Å². The van der Waals surface area contributed by atoms with Crippen LogP contribution in [0, 0.1) is 0 Å². The van der Waals surface area contributed by atoms with Crippen LogP contribution in [0.5, 0.6) is 0 Å². The van der Waals surface area contributed by atoms with Crippen LogP contribution in [-0.2, 0) is 9.31 Å². The highest BCUT2D eigenvalue weighted by Crippen LogP contribution is 2.41. The number of para-hydroxylation sites is 1. The SMILES string of the molecule is CC1(C)OB(c2cc3ccc4cc(Br)cc5c4c3c(c2)n5-c2ccccc2)OC1(C)C. The summed E-state index contributed by atoms with van der Waals surface area (Å²) >= 11 is 3.71. The average molecular weight is 472 g/mol. The Morgan fingerprint density at radius 2 is 1.32 bits per heavy atom. The summed E-state index contributed by atoms with van der Waals surface area (Å²) in [5.74, 6) is 0. The van der Waals surface area contributed by atoms with Crippen LogP contribution in [0.4, 0.5) is 0 Å². The second-order valence-electron chi connectivity index (χ2n) is 9.49. The Balaban J connectivity index is 1.69. The third-order valence-electron chi connectivity index (χ3n) is 7.00. The van der Waals surface area contributed by atoms with Crippen molar-refractivity contribution in [2.24, 2.45) is 0 Å². The van der Waals surface area contributed by atoms with Crippen molar-refractivity contribution in [1.82, 2.24) is 4.57 Å². The van der Waals surface area contributed by atoms with Gasteiger partial charge in [0, 0.05) is 20.9 Å². The molecule has 154 valence electrons. The van der Waals surface area contributed by atoms with Crippen molar-refractivity contribution in [2.75, 3.05) is 0 Å². The van der Waals surface area contributed by atoms with Gasteiger partial charge in [-0.1, -0.05) is 52.3 Å². The highest BCUT2D eigenvalue weighted by Gasteiger charge is 2.51. The van der Waals surface area contributed by atoms with Crippen molar-refractivity contribution in [3.63, 3.8) is 0 Å². The van der Waals surface area contributed by atoms with E-state index in [1.807, 2.05) is 0 Å². The van der Waals surface area contributed by atoms with Gasteiger partial charge in [0.25, 0.3) is 0 Å². The quantitative estimate of drug-likeness (QED) is 0.218. The van der Waals surface area contributed by atoms with Gasteiger partial charge < -0.3 is 13.9 Å². The molecule has 31 heavy (non-hydrogen) atoms. The Hall–Kier alpha value is -2.34. The lowest BCUT2D eigenvalue weighted by Gasteiger charge is -2.32. The zero-order valence-electron chi connectivity index (χ0n) is 18.1. The first-order valence-corrected chi connectivity index (χ1v) is 11.5. The molecular formula is C26H23BBrNO2. The minimum Gasteiger partial charge on any atom is -0.399 e. The number of nitrogens with zero attached hydrogens (tertiary/aromatic N) is 1. The molecule has 2 heterocycles. The molecule has 1 aliphatic rings. The monoisotopic (exact) mass is 471 g/mol. The number of aromatic nitrogens is 1. The van der Waals surface area contributed by atoms with Crippen molar-refractivity contribution in [1.29, 1.82) is 0 Å². The van der Waals surface area contributed by atoms with Gasteiger partial charge in [0.2, 0.25) is 0 Å². The van der Waals surface area contributed by atoms with Gasteiger partial charge >= 0.3 is 7.12 Å². The van der Waals surface area contributed by atoms with E-state index in [1.165, 1.54) is 32.6 Å². The fourth-order valence-electron chi connectivity index (χ4n) is 4.72. The molecule has 0 amide bonds. The molecule has 0 saturated carbocycles. The van der Waals surface area contributed by atoms with E-state index in [9.17, 15) is 0 Å². The summed E-state index contributed by atoms with van der Waals surface area (Å²) in [5.41, 5.74) is 3.82. The summed E-state index contributed by atoms with van der Waals surface area (Å²) < 4.78 is 16.2. The first-order chi connectivity index (χ1) is 14.7. The Morgan fingerprint density at radius 3 is 1.97 bits per heavy atom. The maximum atomic E-state index is 6.39. The standard InChI is InChI=1S/C26H23BBrNO2/c1-25(2)26(3,4)31-27(30-25)18-12-16-10-11-17-13-19(28)15-22-24(17)23(16)21(14-18)29(22)20-8-6-5-7-9-20/h5-15H,1-4H3. The number of halogens is 1. The molecule has 1 saturated heterocycles. The van der Waals surface area contributed by atoms with E-state index in [0.717, 1.165) is 15.6 Å². The summed E-state index contributed by atoms with van der Waals surface area (Å²) in [4.78, 5) is 0. The first-order valence-electron chi connectivity index (χ1n) is 10.7. The van der Waals surface area contributed by atoms with E-state index in [0.29, 0.717) is 0 Å². The molecule has 0 bridgehead atoms. The second-order valence-corrected chi connectivity index (χ2v) is 10.4. The Bertz CT molecular complexity index is 1440. The van der Waals surface area contributed by atoms with Gasteiger partial charge in [-0.15, -0.1) is 0 Å². The highest BCUT2D eigenvalue weighted by atomic mass is 79.9. The normalized spacial score (nSPS) is 18.0. The van der Waals surface area contributed by atoms with Crippen LogP contribution in [0.15, 0.2) is 71.2 Å². The Kier molecular flexibility index (Phi) is 3.96. The zero-order valence-corrected chi connectivity index (χ0v) is 19.7. The van der Waals surface area contributed by atoms with Crippen molar-refractivity contribution in [3.05, 3.63) is 71.2 Å². The molecule has 0 radical (unpaired) electrons. The molecule has 5 aromatic rings. The van der Waals surface area contributed by atoms with Crippen molar-refractivity contribution < 1.29 is 9.31 Å². The fraction of sp³-hybridized carbons (Fsp3) is 0.231. The molecule has 1 aromatic heterocycles. The summed E-state index contributed by atoms with van der Waals surface area (Å²) in [6.45, 7) is 8.39. The molecule has 0 unspecified atom stereocenters. The second kappa shape index (κ2) is 6.35. The third kappa shape index (κ3) is 2.73. The van der Waals surface area contributed by atoms with E-state index < -0.39 is 7.12 Å². The fourth-order valence-corrected chi connectivity index (χ4v) is 5.19. The highest BCUT2D eigenvalue weighted by molar-refractivity contribution is 9.10. The summed E-state index contributed by atoms with van der Waals surface area (Å²) in [5, 5.41) is 5.01. The number of rotatable bonds is 2. The summed E-state index contributed by atoms with van der Waals surface area (Å²) in [6.07, 6.45) is 0. The van der Waals surface area contributed by atoms with Crippen LogP contribution < -0.4 is 5.46 Å². The molecule has 6 rings (SSSR count). The molecule has 1 aliphatic heterocycles. The lowest BCUT2D eigenvalue weighted by molar-refractivity contribution is 0.00578. The van der Waals surface area contributed by atoms with Crippen LogP contribution in [-0.4, -0.2) is 22.9 Å². The van der Waals surface area contributed by atoms with Crippen molar-refractivity contribution in [3.8, 4) is 5.69 Å². The molecule has 0 N–H and O–H groups in total. The van der Waals surface area contributed by atoms with E-state index in [1.54, 1.807) is 0 Å². The smallest absolute Gasteiger partial charge is 0.399 e. The summed E-state index contributed by atoms with van der Waals surface area (Å²) in [7, 11) is -0.394. The summed E-state index contributed by atoms with van der Waals surface area (Å²) in [6, 6.07) is 23.8. The molecule has 1 fully saturated rings. The molecule has 0 spiro atoms. The van der Waals surface area contributed by atoms with E-state index in [4.69, 9.17) is 9.31 Å². The maximum absolute atomic E-state index is 6.39. The zero-order chi connectivity index (χ0) is 21.5. The number of hydrogen-bond acceptors (Lipinski definition) is 2. The molecule has 3 nitrogen and oxygen atoms in total. The topological polar surface area (TPSA) is 23.4 Å². The largest absolute Gasteiger partial charge is 0.494 e. The average Bonchev–Trinajstić information content (AvgIpc) is 3.16. The number of benzene rings is 4. The van der Waals surface area contributed by atoms with Gasteiger partial charge in [0.1, 0.15) is 0 Å². The van der Waals surface area contributed by atoms with Crippen LogP contribution in [0.25, 0.3) is 38.3 Å². The first kappa shape index (κ1) is 19.4. The van der Waals surface area contributed by atoms with Crippen LogP contribution in [0.3, 0.4) is 0 Å². The van der Waals surface area contributed by atoms with Gasteiger partial charge in [-0.3, -0.25) is 0 Å². The van der Waals surface area contributed by atoms with Crippen molar-refractivity contribution in [2.45, 2.75) is 38.9 Å².